The molecule has 0 amide bonds. The van der Waals surface area contributed by atoms with Crippen molar-refractivity contribution in [1.82, 2.24) is 0 Å². The molecule has 0 unspecified atom stereocenters. The maximum Gasteiger partial charge on any atom is 0.331 e. The number of benzene rings is 3. The summed E-state index contributed by atoms with van der Waals surface area (Å²) in [5, 5.41) is 0. The Hall–Kier alpha value is -4.33. The second kappa shape index (κ2) is 11.4. The summed E-state index contributed by atoms with van der Waals surface area (Å²) < 4.78 is 41.2. The van der Waals surface area contributed by atoms with Gasteiger partial charge in [0.25, 0.3) is 0 Å². The summed E-state index contributed by atoms with van der Waals surface area (Å²) in [5.74, 6) is 2.59. The van der Waals surface area contributed by atoms with E-state index in [1.165, 1.54) is 6.08 Å². The average molecular weight is 547 g/mol. The topological polar surface area (TPSA) is 81.7 Å². The second-order valence-electron chi connectivity index (χ2n) is 9.93. The van der Waals surface area contributed by atoms with Crippen LogP contribution in [0, 0.1) is 11.8 Å². The third-order valence-electron chi connectivity index (χ3n) is 7.69. The van der Waals surface area contributed by atoms with Gasteiger partial charge in [0, 0.05) is 28.7 Å². The van der Waals surface area contributed by atoms with Crippen molar-refractivity contribution in [3.05, 3.63) is 65.2 Å². The van der Waals surface area contributed by atoms with Gasteiger partial charge in [-0.25, -0.2) is 4.79 Å². The molecule has 0 saturated carbocycles. The Kier molecular flexibility index (Phi) is 7.78. The molecule has 0 fully saturated rings. The van der Waals surface area contributed by atoms with Crippen LogP contribution < -0.4 is 28.4 Å². The van der Waals surface area contributed by atoms with Crippen molar-refractivity contribution in [2.45, 2.75) is 26.4 Å². The van der Waals surface area contributed by atoms with Crippen LogP contribution in [0.5, 0.6) is 34.5 Å². The molecule has 40 heavy (non-hydrogen) atoms. The monoisotopic (exact) mass is 546 g/mol. The Labute approximate surface area is 234 Å². The fourth-order valence-corrected chi connectivity index (χ4v) is 5.53. The van der Waals surface area contributed by atoms with E-state index in [-0.39, 0.29) is 18.6 Å². The zero-order valence-corrected chi connectivity index (χ0v) is 23.6. The molecule has 0 radical (unpaired) electrons. The Morgan fingerprint density at radius 2 is 1.60 bits per heavy atom. The summed E-state index contributed by atoms with van der Waals surface area (Å²) in [6, 6.07) is 13.5. The van der Waals surface area contributed by atoms with Crippen LogP contribution >= 0.6 is 0 Å². The number of rotatable bonds is 7. The number of carbonyl (C=O) groups excluding carboxylic acids is 1. The van der Waals surface area contributed by atoms with Crippen LogP contribution in [0.25, 0.3) is 17.2 Å². The van der Waals surface area contributed by atoms with E-state index in [0.29, 0.717) is 46.5 Å². The molecule has 0 aromatic heterocycles. The van der Waals surface area contributed by atoms with Gasteiger partial charge in [-0.05, 0) is 41.7 Å². The van der Waals surface area contributed by atoms with Crippen LogP contribution in [0.4, 0.5) is 0 Å². The SMILES string of the molecule is COc1cc2c(c(OC)c1OC)-c1c(cc3c(c1OC)OCO3)[C@@H](OC(=O)C=Cc1ccccc1)[C@H](C)[C@H](C)C2. The first-order chi connectivity index (χ1) is 19.4. The van der Waals surface area contributed by atoms with Gasteiger partial charge in [0.15, 0.2) is 23.0 Å². The first-order valence-electron chi connectivity index (χ1n) is 13.2. The Bertz CT molecular complexity index is 1430. The van der Waals surface area contributed by atoms with E-state index in [1.807, 2.05) is 42.5 Å². The molecule has 3 aromatic carbocycles. The molecular weight excluding hydrogens is 512 g/mol. The first-order valence-corrected chi connectivity index (χ1v) is 13.2. The largest absolute Gasteiger partial charge is 0.493 e. The van der Waals surface area contributed by atoms with Crippen molar-refractivity contribution in [2.75, 3.05) is 35.2 Å². The Morgan fingerprint density at radius 3 is 2.27 bits per heavy atom. The molecular formula is C32H34O8. The minimum absolute atomic E-state index is 0.0563. The molecule has 0 N–H and O–H groups in total. The number of hydrogen-bond donors (Lipinski definition) is 0. The van der Waals surface area contributed by atoms with Crippen LogP contribution in [0.3, 0.4) is 0 Å². The number of ether oxygens (including phenoxy) is 7. The Balaban J connectivity index is 1.74. The molecule has 3 atom stereocenters. The van der Waals surface area contributed by atoms with Gasteiger partial charge >= 0.3 is 5.97 Å². The molecule has 1 aliphatic heterocycles. The van der Waals surface area contributed by atoms with E-state index in [2.05, 4.69) is 13.8 Å². The van der Waals surface area contributed by atoms with E-state index < -0.39 is 12.1 Å². The van der Waals surface area contributed by atoms with E-state index in [4.69, 9.17) is 33.2 Å². The van der Waals surface area contributed by atoms with Crippen LogP contribution in [0.15, 0.2) is 48.5 Å². The molecule has 0 saturated heterocycles. The van der Waals surface area contributed by atoms with Crippen LogP contribution in [0.1, 0.15) is 36.6 Å². The van der Waals surface area contributed by atoms with Crippen LogP contribution in [0.2, 0.25) is 0 Å². The predicted molar refractivity (Wildman–Crippen MR) is 151 cm³/mol. The number of methoxy groups -OCH3 is 4. The average Bonchev–Trinajstić information content (AvgIpc) is 3.45. The van der Waals surface area contributed by atoms with Crippen LogP contribution in [-0.4, -0.2) is 41.2 Å². The van der Waals surface area contributed by atoms with Crippen molar-refractivity contribution in [3.63, 3.8) is 0 Å². The maximum absolute atomic E-state index is 13.2. The van der Waals surface area contributed by atoms with E-state index in [9.17, 15) is 4.79 Å². The normalized spacial score (nSPS) is 19.2. The number of carbonyl (C=O) groups is 1. The zero-order valence-electron chi connectivity index (χ0n) is 23.6. The standard InChI is InChI=1S/C32H34O8/c1-18-14-21-15-23(34-3)29(35-4)31(36-5)26(21)27-22(16-24-30(32(27)37-6)39-17-38-24)28(19(18)2)40-25(33)13-12-20-10-8-7-9-11-20/h7-13,15-16,18-19,28H,14,17H2,1-6H3/t18-,19-,28+/m1/s1. The summed E-state index contributed by atoms with van der Waals surface area (Å²) in [7, 11) is 6.35. The smallest absolute Gasteiger partial charge is 0.331 e. The summed E-state index contributed by atoms with van der Waals surface area (Å²) in [4.78, 5) is 13.2. The highest BCUT2D eigenvalue weighted by atomic mass is 16.7. The fraction of sp³-hybridized carbons (Fsp3) is 0.344. The zero-order chi connectivity index (χ0) is 28.4. The highest BCUT2D eigenvalue weighted by molar-refractivity contribution is 5.90. The fourth-order valence-electron chi connectivity index (χ4n) is 5.53. The van der Waals surface area contributed by atoms with E-state index in [1.54, 1.807) is 34.5 Å². The van der Waals surface area contributed by atoms with Crippen molar-refractivity contribution >= 4 is 12.0 Å². The van der Waals surface area contributed by atoms with Gasteiger partial charge in [-0.2, -0.15) is 0 Å². The Morgan fingerprint density at radius 1 is 0.875 bits per heavy atom. The summed E-state index contributed by atoms with van der Waals surface area (Å²) in [6.07, 6.45) is 3.25. The number of hydrogen-bond acceptors (Lipinski definition) is 8. The lowest BCUT2D eigenvalue weighted by atomic mass is 9.76. The highest BCUT2D eigenvalue weighted by Gasteiger charge is 2.39. The summed E-state index contributed by atoms with van der Waals surface area (Å²) in [5.41, 5.74) is 4.09. The van der Waals surface area contributed by atoms with Gasteiger partial charge in [0.2, 0.25) is 18.3 Å². The van der Waals surface area contributed by atoms with Gasteiger partial charge < -0.3 is 33.2 Å². The lowest BCUT2D eigenvalue weighted by Gasteiger charge is -2.35. The van der Waals surface area contributed by atoms with Crippen molar-refractivity contribution in [3.8, 4) is 45.6 Å². The molecule has 3 aromatic rings. The third-order valence-corrected chi connectivity index (χ3v) is 7.69. The van der Waals surface area contributed by atoms with Crippen LogP contribution in [-0.2, 0) is 16.0 Å². The van der Waals surface area contributed by atoms with Gasteiger partial charge in [0.1, 0.15) is 6.10 Å². The maximum atomic E-state index is 13.2. The molecule has 5 rings (SSSR count). The molecule has 1 aliphatic carbocycles. The lowest BCUT2D eigenvalue weighted by molar-refractivity contribution is -0.146. The quantitative estimate of drug-likeness (QED) is 0.254. The molecule has 8 heteroatoms. The summed E-state index contributed by atoms with van der Waals surface area (Å²) >= 11 is 0. The molecule has 2 aliphatic rings. The predicted octanol–water partition coefficient (Wildman–Crippen LogP) is 6.24. The van der Waals surface area contributed by atoms with E-state index in [0.717, 1.165) is 22.3 Å². The van der Waals surface area contributed by atoms with E-state index >= 15 is 0 Å². The van der Waals surface area contributed by atoms with Crippen molar-refractivity contribution in [1.29, 1.82) is 0 Å². The van der Waals surface area contributed by atoms with Gasteiger partial charge in [-0.3, -0.25) is 0 Å². The van der Waals surface area contributed by atoms with Gasteiger partial charge in [0.05, 0.1) is 28.4 Å². The van der Waals surface area contributed by atoms with Crippen molar-refractivity contribution in [2.24, 2.45) is 11.8 Å². The summed E-state index contributed by atoms with van der Waals surface area (Å²) in [6.45, 7) is 4.29. The minimum Gasteiger partial charge on any atom is -0.493 e. The molecule has 210 valence electrons. The third kappa shape index (κ3) is 4.78. The molecule has 0 spiro atoms. The number of fused-ring (bicyclic) bond motifs is 4. The van der Waals surface area contributed by atoms with Gasteiger partial charge in [-0.15, -0.1) is 0 Å². The molecule has 8 nitrogen and oxygen atoms in total. The van der Waals surface area contributed by atoms with Gasteiger partial charge in [-0.1, -0.05) is 44.2 Å². The number of esters is 1. The second-order valence-corrected chi connectivity index (χ2v) is 9.93. The highest BCUT2D eigenvalue weighted by Crippen LogP contribution is 2.58. The lowest BCUT2D eigenvalue weighted by Crippen LogP contribution is -2.26. The molecule has 1 heterocycles. The molecule has 0 bridgehead atoms. The first kappa shape index (κ1) is 27.2. The van der Waals surface area contributed by atoms with Crippen molar-refractivity contribution < 1.29 is 38.0 Å². The minimum atomic E-state index is -0.618.